The number of hydrogen-bond donors (Lipinski definition) is 3. The van der Waals surface area contributed by atoms with Gasteiger partial charge < -0.3 is 20.5 Å². The number of carbonyl (C=O) groups excluding carboxylic acids is 2. The summed E-state index contributed by atoms with van der Waals surface area (Å²) in [5.41, 5.74) is 4.60. The van der Waals surface area contributed by atoms with E-state index >= 15 is 0 Å². The highest BCUT2D eigenvalue weighted by Gasteiger charge is 2.33. The Balaban J connectivity index is 1.31. The molecule has 7 heteroatoms. The third-order valence-corrected chi connectivity index (χ3v) is 7.41. The Labute approximate surface area is 206 Å². The van der Waals surface area contributed by atoms with Crippen molar-refractivity contribution in [3.8, 4) is 11.1 Å². The van der Waals surface area contributed by atoms with Gasteiger partial charge in [0.15, 0.2) is 0 Å². The Kier molecular flexibility index (Phi) is 7.73. The molecule has 2 aromatic carbocycles. The Bertz CT molecular complexity index is 1030. The van der Waals surface area contributed by atoms with Crippen molar-refractivity contribution in [3.63, 3.8) is 0 Å². The number of nitrogens with one attached hydrogen (secondary N) is 2. The SMILES string of the molecule is CC(C)[C@@H](CC(=O)NCC(C(=O)O)C1CCC1)NC(=O)OCC1c2ccccc2-c2ccccc21. The molecule has 0 saturated heterocycles. The Hall–Kier alpha value is -3.35. The van der Waals surface area contributed by atoms with Crippen molar-refractivity contribution < 1.29 is 24.2 Å². The standard InChI is InChI=1S/C28H34N2O5/c1-17(2)25(14-26(31)29-15-23(27(32)33)18-8-7-9-18)30-28(34)35-16-24-21-12-5-3-10-19(21)20-11-4-6-13-22(20)24/h3-6,10-13,17-18,23-25H,7-9,14-16H2,1-2H3,(H,29,31)(H,30,34)(H,32,33)/t23?,25-/m1/s1. The van der Waals surface area contributed by atoms with Gasteiger partial charge in [-0.2, -0.15) is 0 Å². The van der Waals surface area contributed by atoms with E-state index in [0.29, 0.717) is 0 Å². The van der Waals surface area contributed by atoms with E-state index in [1.165, 1.54) is 0 Å². The van der Waals surface area contributed by atoms with Gasteiger partial charge in [-0.3, -0.25) is 9.59 Å². The number of benzene rings is 2. The average molecular weight is 479 g/mol. The molecule has 0 aromatic heterocycles. The number of fused-ring (bicyclic) bond motifs is 3. The zero-order valence-electron chi connectivity index (χ0n) is 20.3. The van der Waals surface area contributed by atoms with E-state index in [1.54, 1.807) is 0 Å². The number of alkyl carbamates (subject to hydrolysis) is 1. The van der Waals surface area contributed by atoms with Gasteiger partial charge in [-0.25, -0.2) is 4.79 Å². The van der Waals surface area contributed by atoms with Crippen LogP contribution in [0.3, 0.4) is 0 Å². The highest BCUT2D eigenvalue weighted by Crippen LogP contribution is 2.44. The minimum atomic E-state index is -0.868. The maximum absolute atomic E-state index is 12.7. The molecule has 4 rings (SSSR count). The van der Waals surface area contributed by atoms with E-state index in [4.69, 9.17) is 4.74 Å². The van der Waals surface area contributed by atoms with Crippen LogP contribution in [0, 0.1) is 17.8 Å². The lowest BCUT2D eigenvalue weighted by molar-refractivity contribution is -0.144. The summed E-state index contributed by atoms with van der Waals surface area (Å²) in [6, 6.07) is 15.9. The van der Waals surface area contributed by atoms with Crippen LogP contribution in [-0.4, -0.2) is 42.3 Å². The van der Waals surface area contributed by atoms with Crippen molar-refractivity contribution in [2.45, 2.75) is 51.5 Å². The normalized spacial score (nSPS) is 16.5. The number of amides is 2. The van der Waals surface area contributed by atoms with E-state index in [2.05, 4.69) is 34.9 Å². The summed E-state index contributed by atoms with van der Waals surface area (Å²) in [5.74, 6) is -1.59. The number of rotatable bonds is 10. The van der Waals surface area contributed by atoms with Crippen LogP contribution < -0.4 is 10.6 Å². The molecule has 2 aromatic rings. The molecule has 2 atom stereocenters. The largest absolute Gasteiger partial charge is 0.481 e. The second-order valence-electron chi connectivity index (χ2n) is 9.96. The van der Waals surface area contributed by atoms with Crippen LogP contribution in [0.15, 0.2) is 48.5 Å². The summed E-state index contributed by atoms with van der Waals surface area (Å²) in [5, 5.41) is 15.1. The fraction of sp³-hybridized carbons (Fsp3) is 0.464. The van der Waals surface area contributed by atoms with Gasteiger partial charge in [0.25, 0.3) is 0 Å². The number of carboxylic acid groups (broad SMARTS) is 1. The Morgan fingerprint density at radius 2 is 1.60 bits per heavy atom. The van der Waals surface area contributed by atoms with E-state index in [9.17, 15) is 19.5 Å². The lowest BCUT2D eigenvalue weighted by Gasteiger charge is -2.31. The minimum absolute atomic E-state index is 0.00290. The van der Waals surface area contributed by atoms with Crippen molar-refractivity contribution in [2.75, 3.05) is 13.2 Å². The molecule has 0 bridgehead atoms. The quantitative estimate of drug-likeness (QED) is 0.464. The molecule has 2 aliphatic rings. The lowest BCUT2D eigenvalue weighted by Crippen LogP contribution is -2.44. The lowest BCUT2D eigenvalue weighted by atomic mass is 9.76. The summed E-state index contributed by atoms with van der Waals surface area (Å²) in [6.07, 6.45) is 2.34. The number of ether oxygens (including phenoxy) is 1. The predicted molar refractivity (Wildman–Crippen MR) is 133 cm³/mol. The molecule has 1 saturated carbocycles. The second kappa shape index (κ2) is 10.9. The van der Waals surface area contributed by atoms with Gasteiger partial charge in [0.2, 0.25) is 5.91 Å². The van der Waals surface area contributed by atoms with Crippen LogP contribution in [0.1, 0.15) is 56.6 Å². The molecule has 0 heterocycles. The number of carboxylic acids is 1. The number of aliphatic carboxylic acids is 1. The van der Waals surface area contributed by atoms with Crippen LogP contribution >= 0.6 is 0 Å². The molecular formula is C28H34N2O5. The fourth-order valence-corrected chi connectivity index (χ4v) is 5.04. The summed E-state index contributed by atoms with van der Waals surface area (Å²) < 4.78 is 5.63. The molecule has 2 aliphatic carbocycles. The summed E-state index contributed by atoms with van der Waals surface area (Å²) >= 11 is 0. The molecule has 2 amide bonds. The van der Waals surface area contributed by atoms with Crippen LogP contribution in [-0.2, 0) is 14.3 Å². The summed E-state index contributed by atoms with van der Waals surface area (Å²) in [6.45, 7) is 4.18. The van der Waals surface area contributed by atoms with Gasteiger partial charge in [-0.1, -0.05) is 68.8 Å². The zero-order valence-corrected chi connectivity index (χ0v) is 20.3. The van der Waals surface area contributed by atoms with Crippen LogP contribution in [0.4, 0.5) is 4.79 Å². The molecule has 0 spiro atoms. The first-order valence-corrected chi connectivity index (χ1v) is 12.5. The van der Waals surface area contributed by atoms with E-state index in [1.807, 2.05) is 38.1 Å². The van der Waals surface area contributed by atoms with Crippen LogP contribution in [0.25, 0.3) is 11.1 Å². The highest BCUT2D eigenvalue weighted by molar-refractivity contribution is 5.80. The van der Waals surface area contributed by atoms with Crippen molar-refractivity contribution in [2.24, 2.45) is 17.8 Å². The topological polar surface area (TPSA) is 105 Å². The van der Waals surface area contributed by atoms with Gasteiger partial charge in [0.05, 0.1) is 5.92 Å². The molecule has 1 fully saturated rings. The zero-order chi connectivity index (χ0) is 24.9. The van der Waals surface area contributed by atoms with Crippen molar-refractivity contribution in [1.82, 2.24) is 10.6 Å². The molecule has 0 radical (unpaired) electrons. The first kappa shape index (κ1) is 24.8. The molecule has 35 heavy (non-hydrogen) atoms. The molecular weight excluding hydrogens is 444 g/mol. The van der Waals surface area contributed by atoms with Crippen molar-refractivity contribution in [1.29, 1.82) is 0 Å². The maximum atomic E-state index is 12.7. The molecule has 1 unspecified atom stereocenters. The van der Waals surface area contributed by atoms with Crippen LogP contribution in [0.2, 0.25) is 0 Å². The van der Waals surface area contributed by atoms with Crippen LogP contribution in [0.5, 0.6) is 0 Å². The Morgan fingerprint density at radius 3 is 2.11 bits per heavy atom. The third-order valence-electron chi connectivity index (χ3n) is 7.41. The summed E-state index contributed by atoms with van der Waals surface area (Å²) in [4.78, 5) is 36.7. The molecule has 186 valence electrons. The summed E-state index contributed by atoms with van der Waals surface area (Å²) in [7, 11) is 0. The minimum Gasteiger partial charge on any atom is -0.481 e. The molecule has 3 N–H and O–H groups in total. The van der Waals surface area contributed by atoms with E-state index < -0.39 is 24.0 Å². The Morgan fingerprint density at radius 1 is 1.00 bits per heavy atom. The average Bonchev–Trinajstić information content (AvgIpc) is 3.12. The van der Waals surface area contributed by atoms with Gasteiger partial charge in [-0.15, -0.1) is 0 Å². The number of hydrogen-bond acceptors (Lipinski definition) is 4. The third kappa shape index (κ3) is 5.66. The van der Waals surface area contributed by atoms with Crippen molar-refractivity contribution in [3.05, 3.63) is 59.7 Å². The fourth-order valence-electron chi connectivity index (χ4n) is 5.04. The second-order valence-corrected chi connectivity index (χ2v) is 9.96. The number of carbonyl (C=O) groups is 3. The maximum Gasteiger partial charge on any atom is 0.407 e. The van der Waals surface area contributed by atoms with Crippen molar-refractivity contribution >= 4 is 18.0 Å². The first-order chi connectivity index (χ1) is 16.8. The monoisotopic (exact) mass is 478 g/mol. The van der Waals surface area contributed by atoms with E-state index in [0.717, 1.165) is 41.5 Å². The van der Waals surface area contributed by atoms with Gasteiger partial charge in [0.1, 0.15) is 6.61 Å². The molecule has 7 nitrogen and oxygen atoms in total. The predicted octanol–water partition coefficient (Wildman–Crippen LogP) is 4.56. The highest BCUT2D eigenvalue weighted by atomic mass is 16.5. The van der Waals surface area contributed by atoms with Gasteiger partial charge in [0, 0.05) is 24.9 Å². The molecule has 0 aliphatic heterocycles. The smallest absolute Gasteiger partial charge is 0.407 e. The van der Waals surface area contributed by atoms with Gasteiger partial charge >= 0.3 is 12.1 Å². The van der Waals surface area contributed by atoms with E-state index in [-0.39, 0.29) is 43.2 Å². The first-order valence-electron chi connectivity index (χ1n) is 12.5. The van der Waals surface area contributed by atoms with Gasteiger partial charge in [-0.05, 0) is 46.9 Å².